The van der Waals surface area contributed by atoms with Crippen LogP contribution in [0, 0.1) is 24.2 Å². The summed E-state index contributed by atoms with van der Waals surface area (Å²) in [4.78, 5) is 11.8. The Morgan fingerprint density at radius 3 is 2.68 bits per heavy atom. The second kappa shape index (κ2) is 8.05. The molecule has 3 aromatic rings. The first-order valence-electron chi connectivity index (χ1n) is 10.1. The molecule has 1 aromatic heterocycles. The van der Waals surface area contributed by atoms with Crippen molar-refractivity contribution in [2.45, 2.75) is 31.1 Å². The van der Waals surface area contributed by atoms with E-state index in [9.17, 15) is 18.5 Å². The Morgan fingerprint density at radius 2 is 2.00 bits per heavy atom. The van der Waals surface area contributed by atoms with Crippen LogP contribution in [0.1, 0.15) is 36.0 Å². The Labute approximate surface area is 181 Å². The number of nitriles is 1. The molecule has 2 aromatic carbocycles. The summed E-state index contributed by atoms with van der Waals surface area (Å²) in [5, 5.41) is 10.1. The summed E-state index contributed by atoms with van der Waals surface area (Å²) in [5.41, 5.74) is 2.85. The molecule has 0 amide bonds. The second-order valence-electron chi connectivity index (χ2n) is 7.66. The van der Waals surface area contributed by atoms with Gasteiger partial charge in [0.1, 0.15) is 0 Å². The highest BCUT2D eigenvalue weighted by Gasteiger charge is 2.39. The molecule has 1 aliphatic carbocycles. The highest BCUT2D eigenvalue weighted by molar-refractivity contribution is 7.90. The van der Waals surface area contributed by atoms with Crippen LogP contribution in [0.3, 0.4) is 0 Å². The van der Waals surface area contributed by atoms with E-state index in [1.807, 2.05) is 13.0 Å². The number of nitrogens with zero attached hydrogens (tertiary/aromatic N) is 2. The van der Waals surface area contributed by atoms with Gasteiger partial charge in [-0.3, -0.25) is 0 Å². The molecule has 31 heavy (non-hydrogen) atoms. The van der Waals surface area contributed by atoms with Crippen LogP contribution >= 0.6 is 0 Å². The van der Waals surface area contributed by atoms with Crippen molar-refractivity contribution in [3.63, 3.8) is 0 Å². The summed E-state index contributed by atoms with van der Waals surface area (Å²) < 4.78 is 32.9. The average molecular weight is 435 g/mol. The largest absolute Gasteiger partial charge is 0.463 e. The highest BCUT2D eigenvalue weighted by Crippen LogP contribution is 2.51. The van der Waals surface area contributed by atoms with Gasteiger partial charge in [0.2, 0.25) is 0 Å². The molecule has 1 fully saturated rings. The van der Waals surface area contributed by atoms with Gasteiger partial charge in [-0.2, -0.15) is 5.26 Å². The van der Waals surface area contributed by atoms with Crippen molar-refractivity contribution in [3.05, 3.63) is 77.5 Å². The third-order valence-corrected chi connectivity index (χ3v) is 7.20. The number of carbonyl (C=O) groups is 1. The minimum Gasteiger partial charge on any atom is -0.463 e. The number of carbonyl (C=O) groups excluding carboxylic acids is 1. The maximum absolute atomic E-state index is 13.4. The van der Waals surface area contributed by atoms with Crippen LogP contribution in [0.25, 0.3) is 10.9 Å². The molecule has 1 saturated carbocycles. The number of aromatic nitrogens is 1. The number of aryl methyl sites for hydroxylation is 1. The van der Waals surface area contributed by atoms with E-state index >= 15 is 0 Å². The molecule has 1 aliphatic rings. The predicted molar refractivity (Wildman–Crippen MR) is 117 cm³/mol. The van der Waals surface area contributed by atoms with E-state index in [1.54, 1.807) is 55.6 Å². The Hall–Kier alpha value is -3.37. The van der Waals surface area contributed by atoms with Crippen molar-refractivity contribution in [3.8, 4) is 6.07 Å². The molecule has 0 spiro atoms. The third-order valence-electron chi connectivity index (χ3n) is 5.51. The van der Waals surface area contributed by atoms with E-state index in [2.05, 4.69) is 6.07 Å². The van der Waals surface area contributed by atoms with E-state index < -0.39 is 10.0 Å². The lowest BCUT2D eigenvalue weighted by Gasteiger charge is -2.08. The Balaban J connectivity index is 1.77. The molecule has 1 heterocycles. The summed E-state index contributed by atoms with van der Waals surface area (Å²) in [7, 11) is -3.80. The van der Waals surface area contributed by atoms with Crippen LogP contribution in [-0.4, -0.2) is 25.0 Å². The number of hydrogen-bond donors (Lipinski definition) is 0. The zero-order valence-corrected chi connectivity index (χ0v) is 18.1. The van der Waals surface area contributed by atoms with Crippen molar-refractivity contribution >= 4 is 26.9 Å². The summed E-state index contributed by atoms with van der Waals surface area (Å²) >= 11 is 0. The predicted octanol–water partition coefficient (Wildman–Crippen LogP) is 4.28. The zero-order chi connectivity index (χ0) is 22.2. The van der Waals surface area contributed by atoms with E-state index in [-0.39, 0.29) is 22.7 Å². The van der Waals surface area contributed by atoms with Crippen LogP contribution < -0.4 is 0 Å². The van der Waals surface area contributed by atoms with Crippen LogP contribution in [0.15, 0.2) is 65.7 Å². The fraction of sp³-hybridized carbons (Fsp3) is 0.250. The lowest BCUT2D eigenvalue weighted by atomic mass is 10.1. The minimum atomic E-state index is -3.80. The van der Waals surface area contributed by atoms with Gasteiger partial charge in [-0.1, -0.05) is 23.8 Å². The summed E-state index contributed by atoms with van der Waals surface area (Å²) in [6.07, 6.45) is 5.70. The molecule has 0 bridgehead atoms. The van der Waals surface area contributed by atoms with E-state index in [0.29, 0.717) is 17.7 Å². The van der Waals surface area contributed by atoms with E-state index in [0.717, 1.165) is 22.9 Å². The Bertz CT molecular complexity index is 1330. The smallest absolute Gasteiger partial charge is 0.330 e. The van der Waals surface area contributed by atoms with Gasteiger partial charge in [-0.15, -0.1) is 0 Å². The van der Waals surface area contributed by atoms with Gasteiger partial charge in [0, 0.05) is 17.7 Å². The van der Waals surface area contributed by atoms with Crippen molar-refractivity contribution in [1.29, 1.82) is 5.26 Å². The van der Waals surface area contributed by atoms with Gasteiger partial charge < -0.3 is 4.74 Å². The quantitative estimate of drug-likeness (QED) is 0.427. The number of rotatable bonds is 6. The van der Waals surface area contributed by atoms with Crippen LogP contribution in [0.4, 0.5) is 0 Å². The monoisotopic (exact) mass is 434 g/mol. The van der Waals surface area contributed by atoms with Crippen LogP contribution in [0.5, 0.6) is 0 Å². The number of fused-ring (bicyclic) bond motifs is 1. The highest BCUT2D eigenvalue weighted by atomic mass is 32.2. The lowest BCUT2D eigenvalue weighted by molar-refractivity contribution is -0.137. The summed E-state index contributed by atoms with van der Waals surface area (Å²) in [6.45, 7) is 3.97. The molecular formula is C24H22N2O4S. The topological polar surface area (TPSA) is 89.2 Å². The zero-order valence-electron chi connectivity index (χ0n) is 17.3. The number of esters is 1. The van der Waals surface area contributed by atoms with Gasteiger partial charge in [0.25, 0.3) is 10.0 Å². The van der Waals surface area contributed by atoms with Crippen molar-refractivity contribution in [2.24, 2.45) is 5.92 Å². The first-order chi connectivity index (χ1) is 14.8. The third kappa shape index (κ3) is 3.99. The van der Waals surface area contributed by atoms with Crippen molar-refractivity contribution in [2.75, 3.05) is 6.61 Å². The molecule has 4 rings (SSSR count). The fourth-order valence-corrected chi connectivity index (χ4v) is 5.17. The van der Waals surface area contributed by atoms with E-state index in [1.165, 1.54) is 10.0 Å². The van der Waals surface area contributed by atoms with Crippen molar-refractivity contribution < 1.29 is 17.9 Å². The molecule has 2 unspecified atom stereocenters. The average Bonchev–Trinajstić information content (AvgIpc) is 3.42. The number of allylic oxidation sites excluding steroid dienone is 1. The maximum atomic E-state index is 13.4. The normalized spacial score (nSPS) is 18.2. The Morgan fingerprint density at radius 1 is 1.26 bits per heavy atom. The standard InChI is InChI=1S/C24H22N2O4S/c1-3-30-24(27)11-7-18-13-20(18)22-15-26(23-10-6-17(14-25)12-21(22)23)31(28,29)19-8-4-16(2)5-9-19/h4-12,15,18,20H,3,13H2,1-2H3/b11-7+. The second-order valence-corrected chi connectivity index (χ2v) is 9.47. The molecule has 158 valence electrons. The maximum Gasteiger partial charge on any atom is 0.330 e. The van der Waals surface area contributed by atoms with Gasteiger partial charge in [0.05, 0.1) is 28.7 Å². The SMILES string of the molecule is CCOC(=O)/C=C/C1CC1c1cn(S(=O)(=O)c2ccc(C)cc2)c2ccc(C#N)cc12. The molecule has 0 radical (unpaired) electrons. The van der Waals surface area contributed by atoms with Crippen molar-refractivity contribution in [1.82, 2.24) is 3.97 Å². The number of benzene rings is 2. The van der Waals surface area contributed by atoms with Gasteiger partial charge in [-0.05, 0) is 68.0 Å². The van der Waals surface area contributed by atoms with E-state index in [4.69, 9.17) is 4.74 Å². The minimum absolute atomic E-state index is 0.0802. The number of hydrogen-bond acceptors (Lipinski definition) is 5. The van der Waals surface area contributed by atoms with Gasteiger partial charge in [0.15, 0.2) is 0 Å². The summed E-state index contributed by atoms with van der Waals surface area (Å²) in [6, 6.07) is 13.9. The molecule has 0 aliphatic heterocycles. The first kappa shape index (κ1) is 20.9. The molecule has 0 saturated heterocycles. The number of ether oxygens (including phenoxy) is 1. The molecule has 7 heteroatoms. The van der Waals surface area contributed by atoms with Crippen LogP contribution in [0.2, 0.25) is 0 Å². The fourth-order valence-electron chi connectivity index (χ4n) is 3.79. The van der Waals surface area contributed by atoms with Crippen LogP contribution in [-0.2, 0) is 19.6 Å². The lowest BCUT2D eigenvalue weighted by Crippen LogP contribution is -2.11. The molecule has 2 atom stereocenters. The van der Waals surface area contributed by atoms with Gasteiger partial charge in [-0.25, -0.2) is 17.2 Å². The molecule has 0 N–H and O–H groups in total. The molecular weight excluding hydrogens is 412 g/mol. The Kier molecular flexibility index (Phi) is 5.42. The van der Waals surface area contributed by atoms with Gasteiger partial charge >= 0.3 is 5.97 Å². The molecule has 6 nitrogen and oxygen atoms in total. The first-order valence-corrected chi connectivity index (χ1v) is 11.5. The summed E-state index contributed by atoms with van der Waals surface area (Å²) in [5.74, 6) is -0.183.